The van der Waals surface area contributed by atoms with Crippen LogP contribution in [0.25, 0.3) is 6.08 Å². The van der Waals surface area contributed by atoms with E-state index in [1.165, 1.54) is 16.0 Å². The molecule has 1 aromatic heterocycles. The molecule has 1 atom stereocenters. The highest BCUT2D eigenvalue weighted by Gasteiger charge is 2.27. The molecule has 0 saturated carbocycles. The first kappa shape index (κ1) is 18.4. The van der Waals surface area contributed by atoms with Crippen molar-refractivity contribution in [2.45, 2.75) is 12.8 Å². The Bertz CT molecular complexity index is 845. The predicted octanol–water partition coefficient (Wildman–Crippen LogP) is 2.72. The highest BCUT2D eigenvalue weighted by molar-refractivity contribution is 7.92. The summed E-state index contributed by atoms with van der Waals surface area (Å²) in [4.78, 5) is 11.9. The second-order valence-corrected chi connectivity index (χ2v) is 8.13. The molecule has 26 heavy (non-hydrogen) atoms. The number of hydrogen-bond acceptors (Lipinski definition) is 4. The normalized spacial score (nSPS) is 18.8. The first-order valence-corrected chi connectivity index (χ1v) is 10.1. The van der Waals surface area contributed by atoms with E-state index in [1.54, 1.807) is 18.2 Å². The smallest absolute Gasteiger partial charge is 0.286 e. The van der Waals surface area contributed by atoms with Gasteiger partial charge in [0.25, 0.3) is 5.91 Å². The summed E-state index contributed by atoms with van der Waals surface area (Å²) >= 11 is 0. The molecule has 0 bridgehead atoms. The van der Waals surface area contributed by atoms with E-state index in [4.69, 9.17) is 4.42 Å². The highest BCUT2D eigenvalue weighted by Crippen LogP contribution is 2.20. The standard InChI is InChI=1S/C19H22N2O4S/c22-19(18-9-5-12-25-18)20-14-17-8-4-11-21(15-17)26(23,24)13-10-16-6-2-1-3-7-16/h1-3,5-7,9-10,12-13,17H,4,8,11,14-15H2,(H,20,22)/b13-10+/t17-/m0/s1. The summed E-state index contributed by atoms with van der Waals surface area (Å²) in [5.41, 5.74) is 0.843. The summed E-state index contributed by atoms with van der Waals surface area (Å²) < 4.78 is 31.7. The number of amides is 1. The lowest BCUT2D eigenvalue weighted by atomic mass is 10.00. The van der Waals surface area contributed by atoms with E-state index < -0.39 is 10.0 Å². The topological polar surface area (TPSA) is 79.6 Å². The average molecular weight is 374 g/mol. The molecule has 6 nitrogen and oxygen atoms in total. The Morgan fingerprint density at radius 1 is 1.23 bits per heavy atom. The lowest BCUT2D eigenvalue weighted by Gasteiger charge is -2.31. The van der Waals surface area contributed by atoms with Gasteiger partial charge in [0.2, 0.25) is 10.0 Å². The van der Waals surface area contributed by atoms with Crippen molar-refractivity contribution in [1.82, 2.24) is 9.62 Å². The number of sulfonamides is 1. The molecule has 0 spiro atoms. The molecule has 3 rings (SSSR count). The van der Waals surface area contributed by atoms with Crippen LogP contribution in [0.15, 0.2) is 58.6 Å². The van der Waals surface area contributed by atoms with E-state index in [9.17, 15) is 13.2 Å². The van der Waals surface area contributed by atoms with Crippen LogP contribution in [-0.2, 0) is 10.0 Å². The van der Waals surface area contributed by atoms with Crippen molar-refractivity contribution >= 4 is 22.0 Å². The number of furan rings is 1. The third kappa shape index (κ3) is 4.83. The van der Waals surface area contributed by atoms with Crippen LogP contribution in [0.1, 0.15) is 29.0 Å². The SMILES string of the molecule is O=C(NC[C@@H]1CCCN(S(=O)(=O)/C=C/c2ccccc2)C1)c1ccco1. The zero-order chi connectivity index (χ0) is 18.4. The summed E-state index contributed by atoms with van der Waals surface area (Å²) in [6, 6.07) is 12.6. The molecule has 1 saturated heterocycles. The maximum atomic E-state index is 12.6. The molecular weight excluding hydrogens is 352 g/mol. The molecule has 1 N–H and O–H groups in total. The lowest BCUT2D eigenvalue weighted by Crippen LogP contribution is -2.43. The van der Waals surface area contributed by atoms with E-state index in [0.717, 1.165) is 18.4 Å². The molecule has 1 aromatic carbocycles. The number of rotatable bonds is 6. The Kier molecular flexibility index (Phi) is 5.90. The van der Waals surface area contributed by atoms with Crippen molar-refractivity contribution < 1.29 is 17.6 Å². The van der Waals surface area contributed by atoms with E-state index in [-0.39, 0.29) is 17.6 Å². The minimum absolute atomic E-state index is 0.0857. The highest BCUT2D eigenvalue weighted by atomic mass is 32.2. The van der Waals surface area contributed by atoms with Crippen molar-refractivity contribution in [3.05, 3.63) is 65.5 Å². The molecule has 0 unspecified atom stereocenters. The van der Waals surface area contributed by atoms with E-state index >= 15 is 0 Å². The number of carbonyl (C=O) groups excluding carboxylic acids is 1. The predicted molar refractivity (Wildman–Crippen MR) is 99.7 cm³/mol. The van der Waals surface area contributed by atoms with Crippen molar-refractivity contribution in [3.8, 4) is 0 Å². The largest absolute Gasteiger partial charge is 0.459 e. The monoisotopic (exact) mass is 374 g/mol. The third-order valence-corrected chi connectivity index (χ3v) is 5.90. The molecule has 7 heteroatoms. The molecule has 0 radical (unpaired) electrons. The lowest BCUT2D eigenvalue weighted by molar-refractivity contribution is 0.0914. The Hall–Kier alpha value is -2.38. The Morgan fingerprint density at radius 2 is 2.04 bits per heavy atom. The maximum absolute atomic E-state index is 12.6. The molecule has 138 valence electrons. The van der Waals surface area contributed by atoms with Gasteiger partial charge in [0, 0.05) is 25.0 Å². The molecule has 2 aromatic rings. The summed E-state index contributed by atoms with van der Waals surface area (Å²) in [6.07, 6.45) is 4.72. The van der Waals surface area contributed by atoms with E-state index in [0.29, 0.717) is 19.6 Å². The number of nitrogens with one attached hydrogen (secondary N) is 1. The van der Waals surface area contributed by atoms with Gasteiger partial charge >= 0.3 is 0 Å². The second kappa shape index (κ2) is 8.33. The zero-order valence-electron chi connectivity index (χ0n) is 14.4. The fourth-order valence-corrected chi connectivity index (χ4v) is 4.27. The maximum Gasteiger partial charge on any atom is 0.286 e. The third-order valence-electron chi connectivity index (χ3n) is 4.37. The number of nitrogens with zero attached hydrogens (tertiary/aromatic N) is 1. The van der Waals surface area contributed by atoms with Gasteiger partial charge in [-0.1, -0.05) is 30.3 Å². The van der Waals surface area contributed by atoms with Gasteiger partial charge < -0.3 is 9.73 Å². The zero-order valence-corrected chi connectivity index (χ0v) is 15.2. The molecule has 1 amide bonds. The van der Waals surface area contributed by atoms with Gasteiger partial charge in [0.1, 0.15) is 0 Å². The van der Waals surface area contributed by atoms with Crippen LogP contribution >= 0.6 is 0 Å². The van der Waals surface area contributed by atoms with Crippen molar-refractivity contribution in [1.29, 1.82) is 0 Å². The van der Waals surface area contributed by atoms with Crippen LogP contribution < -0.4 is 5.32 Å². The van der Waals surface area contributed by atoms with Gasteiger partial charge in [-0.3, -0.25) is 4.79 Å². The van der Waals surface area contributed by atoms with Gasteiger partial charge in [0.05, 0.1) is 6.26 Å². The van der Waals surface area contributed by atoms with Gasteiger partial charge in [-0.2, -0.15) is 4.31 Å². The molecule has 2 heterocycles. The van der Waals surface area contributed by atoms with Gasteiger partial charge in [0.15, 0.2) is 5.76 Å². The average Bonchev–Trinajstić information content (AvgIpc) is 3.21. The Labute approximate surface area is 153 Å². The molecule has 1 aliphatic rings. The molecule has 0 aliphatic carbocycles. The first-order valence-electron chi connectivity index (χ1n) is 8.59. The van der Waals surface area contributed by atoms with Crippen LogP contribution in [0.4, 0.5) is 0 Å². The van der Waals surface area contributed by atoms with Crippen molar-refractivity contribution in [2.24, 2.45) is 5.92 Å². The summed E-state index contributed by atoms with van der Waals surface area (Å²) in [7, 11) is -3.47. The second-order valence-electron chi connectivity index (χ2n) is 6.31. The van der Waals surface area contributed by atoms with Crippen LogP contribution in [0.5, 0.6) is 0 Å². The summed E-state index contributed by atoms with van der Waals surface area (Å²) in [5.74, 6) is 0.0672. The van der Waals surface area contributed by atoms with Gasteiger partial charge in [-0.05, 0) is 42.5 Å². The van der Waals surface area contributed by atoms with Crippen LogP contribution in [0.3, 0.4) is 0 Å². The summed E-state index contributed by atoms with van der Waals surface area (Å²) in [5, 5.41) is 4.07. The number of benzene rings is 1. The molecule has 1 fully saturated rings. The van der Waals surface area contributed by atoms with E-state index in [2.05, 4.69) is 5.32 Å². The van der Waals surface area contributed by atoms with E-state index in [1.807, 2.05) is 30.3 Å². The number of piperidine rings is 1. The van der Waals surface area contributed by atoms with Crippen LogP contribution in [0.2, 0.25) is 0 Å². The fourth-order valence-electron chi connectivity index (χ4n) is 2.97. The quantitative estimate of drug-likeness (QED) is 0.843. The van der Waals surface area contributed by atoms with Crippen LogP contribution in [-0.4, -0.2) is 38.3 Å². The van der Waals surface area contributed by atoms with Crippen LogP contribution in [0, 0.1) is 5.92 Å². The van der Waals surface area contributed by atoms with Gasteiger partial charge in [-0.25, -0.2) is 8.42 Å². The fraction of sp³-hybridized carbons (Fsp3) is 0.316. The minimum atomic E-state index is -3.47. The number of hydrogen-bond donors (Lipinski definition) is 1. The van der Waals surface area contributed by atoms with Crippen molar-refractivity contribution in [3.63, 3.8) is 0 Å². The first-order chi connectivity index (χ1) is 12.5. The Morgan fingerprint density at radius 3 is 2.77 bits per heavy atom. The summed E-state index contributed by atoms with van der Waals surface area (Å²) in [6.45, 7) is 1.33. The minimum Gasteiger partial charge on any atom is -0.459 e. The van der Waals surface area contributed by atoms with Crippen molar-refractivity contribution in [2.75, 3.05) is 19.6 Å². The number of carbonyl (C=O) groups is 1. The molecular formula is C19H22N2O4S. The Balaban J connectivity index is 1.57. The van der Waals surface area contributed by atoms with Gasteiger partial charge in [-0.15, -0.1) is 0 Å². The molecule has 1 aliphatic heterocycles.